The summed E-state index contributed by atoms with van der Waals surface area (Å²) < 4.78 is 3.21. The quantitative estimate of drug-likeness (QED) is 0.676. The number of hydrogen-bond donors (Lipinski definition) is 0. The number of aromatic nitrogens is 2. The van der Waals surface area contributed by atoms with Gasteiger partial charge in [0.25, 0.3) is 0 Å². The Hall–Kier alpha value is -1.64. The fourth-order valence-electron chi connectivity index (χ4n) is 2.62. The van der Waals surface area contributed by atoms with Crippen LogP contribution in [-0.2, 0) is 12.8 Å². The first-order valence-corrected chi connectivity index (χ1v) is 8.39. The van der Waals surface area contributed by atoms with Gasteiger partial charge < -0.3 is 0 Å². The zero-order valence-electron chi connectivity index (χ0n) is 11.9. The molecule has 3 nitrogen and oxygen atoms in total. The van der Waals surface area contributed by atoms with E-state index < -0.39 is 0 Å². The number of halogens is 1. The van der Waals surface area contributed by atoms with Crippen LogP contribution >= 0.6 is 27.3 Å². The Labute approximate surface area is 136 Å². The van der Waals surface area contributed by atoms with Gasteiger partial charge in [0.2, 0.25) is 0 Å². The van der Waals surface area contributed by atoms with Crippen molar-refractivity contribution in [2.45, 2.75) is 26.7 Å². The fraction of sp³-hybridized carbons (Fsp3) is 0.250. The van der Waals surface area contributed by atoms with E-state index in [2.05, 4.69) is 40.2 Å². The van der Waals surface area contributed by atoms with Crippen molar-refractivity contribution in [2.24, 2.45) is 0 Å². The number of rotatable bonds is 3. The van der Waals surface area contributed by atoms with Crippen molar-refractivity contribution in [3.05, 3.63) is 45.0 Å². The number of nitrogens with zero attached hydrogens (tertiary/aromatic N) is 3. The summed E-state index contributed by atoms with van der Waals surface area (Å²) in [5, 5.41) is 9.19. The third kappa shape index (κ3) is 2.39. The minimum absolute atomic E-state index is 0.371. The number of benzene rings is 1. The van der Waals surface area contributed by atoms with Crippen molar-refractivity contribution in [1.82, 2.24) is 9.38 Å². The number of fused-ring (bicyclic) bond motifs is 1. The Bertz CT molecular complexity index is 837. The maximum absolute atomic E-state index is 9.19. The Balaban J connectivity index is 2.28. The van der Waals surface area contributed by atoms with Gasteiger partial charge in [-0.2, -0.15) is 5.26 Å². The number of nitriles is 1. The lowest BCUT2D eigenvalue weighted by Gasteiger charge is -2.04. The molecule has 0 unspecified atom stereocenters. The Morgan fingerprint density at radius 3 is 2.62 bits per heavy atom. The van der Waals surface area contributed by atoms with E-state index >= 15 is 0 Å². The van der Waals surface area contributed by atoms with Gasteiger partial charge in [-0.25, -0.2) is 4.98 Å². The van der Waals surface area contributed by atoms with Crippen LogP contribution in [-0.4, -0.2) is 9.38 Å². The Morgan fingerprint density at radius 2 is 2.00 bits per heavy atom. The molecule has 0 saturated heterocycles. The van der Waals surface area contributed by atoms with E-state index in [1.165, 1.54) is 10.6 Å². The van der Waals surface area contributed by atoms with E-state index in [-0.39, 0.29) is 0 Å². The number of aryl methyl sites for hydroxylation is 2. The van der Waals surface area contributed by atoms with Crippen molar-refractivity contribution >= 4 is 32.2 Å². The summed E-state index contributed by atoms with van der Waals surface area (Å²) in [5.41, 5.74) is 4.23. The number of hydrogen-bond acceptors (Lipinski definition) is 3. The minimum atomic E-state index is 0.371. The molecule has 0 radical (unpaired) electrons. The van der Waals surface area contributed by atoms with Gasteiger partial charge in [0, 0.05) is 20.6 Å². The van der Waals surface area contributed by atoms with Crippen LogP contribution in [0.15, 0.2) is 28.7 Å². The Kier molecular flexibility index (Phi) is 3.83. The highest BCUT2D eigenvalue weighted by atomic mass is 79.9. The fourth-order valence-corrected chi connectivity index (χ4v) is 3.96. The summed E-state index contributed by atoms with van der Waals surface area (Å²) in [6.45, 7) is 4.26. The maximum Gasteiger partial charge on any atom is 0.194 e. The predicted octanol–water partition coefficient (Wildman–Crippen LogP) is 4.76. The molecule has 0 fully saturated rings. The zero-order chi connectivity index (χ0) is 15.0. The average molecular weight is 360 g/mol. The summed E-state index contributed by atoms with van der Waals surface area (Å²) >= 11 is 5.15. The molecule has 3 rings (SSSR count). The first-order chi connectivity index (χ1) is 10.2. The molecular weight excluding hydrogens is 346 g/mol. The van der Waals surface area contributed by atoms with E-state index in [9.17, 15) is 5.26 Å². The van der Waals surface area contributed by atoms with Gasteiger partial charge in [-0.15, -0.1) is 11.3 Å². The van der Waals surface area contributed by atoms with Crippen LogP contribution in [0.25, 0.3) is 16.2 Å². The van der Waals surface area contributed by atoms with Crippen molar-refractivity contribution in [2.75, 3.05) is 0 Å². The summed E-state index contributed by atoms with van der Waals surface area (Å²) in [7, 11) is 0. The van der Waals surface area contributed by atoms with E-state index in [1.54, 1.807) is 11.3 Å². The van der Waals surface area contributed by atoms with Gasteiger partial charge in [0.05, 0.1) is 23.9 Å². The summed E-state index contributed by atoms with van der Waals surface area (Å²) in [5.74, 6) is 0. The Morgan fingerprint density at radius 1 is 1.29 bits per heavy atom. The SMILES string of the molecule is CCc1c(C)sc2nc(-c3ccc(Br)cc3)c(CC#N)n12. The largest absolute Gasteiger partial charge is 0.290 e. The maximum atomic E-state index is 9.19. The third-order valence-electron chi connectivity index (χ3n) is 3.56. The lowest BCUT2D eigenvalue weighted by atomic mass is 10.1. The molecule has 0 aliphatic heterocycles. The van der Waals surface area contributed by atoms with Gasteiger partial charge >= 0.3 is 0 Å². The zero-order valence-corrected chi connectivity index (χ0v) is 14.3. The second kappa shape index (κ2) is 5.63. The predicted molar refractivity (Wildman–Crippen MR) is 89.6 cm³/mol. The van der Waals surface area contributed by atoms with E-state index in [0.29, 0.717) is 6.42 Å². The molecule has 0 saturated carbocycles. The molecule has 5 heteroatoms. The van der Waals surface area contributed by atoms with Gasteiger partial charge in [-0.3, -0.25) is 4.40 Å². The van der Waals surface area contributed by atoms with Crippen LogP contribution in [0.3, 0.4) is 0 Å². The molecular formula is C16H14BrN3S. The summed E-state index contributed by atoms with van der Waals surface area (Å²) in [6.07, 6.45) is 1.32. The van der Waals surface area contributed by atoms with Crippen LogP contribution in [0.2, 0.25) is 0 Å². The third-order valence-corrected chi connectivity index (χ3v) is 5.09. The lowest BCUT2D eigenvalue weighted by Crippen LogP contribution is -1.98. The molecule has 106 valence electrons. The normalized spacial score (nSPS) is 11.0. The number of imidazole rings is 1. The standard InChI is InChI=1S/C16H14BrN3S/c1-3-13-10(2)21-16-19-15(14(8-9-18)20(13)16)11-4-6-12(17)7-5-11/h4-7H,3,8H2,1-2H3. The highest BCUT2D eigenvalue weighted by Gasteiger charge is 2.19. The van der Waals surface area contributed by atoms with Crippen LogP contribution in [0.4, 0.5) is 0 Å². The highest BCUT2D eigenvalue weighted by Crippen LogP contribution is 2.32. The molecule has 2 heterocycles. The molecule has 0 aliphatic carbocycles. The van der Waals surface area contributed by atoms with Crippen molar-refractivity contribution in [3.8, 4) is 17.3 Å². The van der Waals surface area contributed by atoms with Gasteiger partial charge in [0.15, 0.2) is 4.96 Å². The van der Waals surface area contributed by atoms with Crippen LogP contribution in [0.5, 0.6) is 0 Å². The molecule has 21 heavy (non-hydrogen) atoms. The average Bonchev–Trinajstić information content (AvgIpc) is 2.96. The van der Waals surface area contributed by atoms with Crippen molar-refractivity contribution in [1.29, 1.82) is 5.26 Å². The molecule has 0 bridgehead atoms. The monoisotopic (exact) mass is 359 g/mol. The molecule has 3 aromatic rings. The van der Waals surface area contributed by atoms with Crippen molar-refractivity contribution in [3.63, 3.8) is 0 Å². The topological polar surface area (TPSA) is 41.1 Å². The summed E-state index contributed by atoms with van der Waals surface area (Å²) in [4.78, 5) is 7.03. The molecule has 0 atom stereocenters. The molecule has 0 amide bonds. The summed E-state index contributed by atoms with van der Waals surface area (Å²) in [6, 6.07) is 10.4. The van der Waals surface area contributed by atoms with Crippen LogP contribution in [0.1, 0.15) is 23.2 Å². The molecule has 0 N–H and O–H groups in total. The second-order valence-electron chi connectivity index (χ2n) is 4.83. The smallest absolute Gasteiger partial charge is 0.194 e. The minimum Gasteiger partial charge on any atom is -0.290 e. The first-order valence-electron chi connectivity index (χ1n) is 6.78. The van der Waals surface area contributed by atoms with E-state index in [1.807, 2.05) is 24.3 Å². The van der Waals surface area contributed by atoms with Crippen LogP contribution in [0, 0.1) is 18.3 Å². The van der Waals surface area contributed by atoms with E-state index in [4.69, 9.17) is 4.98 Å². The number of thiazole rings is 1. The first kappa shape index (κ1) is 14.3. The lowest BCUT2D eigenvalue weighted by molar-refractivity contribution is 0.942. The molecule has 0 spiro atoms. The molecule has 2 aromatic heterocycles. The van der Waals surface area contributed by atoms with Gasteiger partial charge in [0.1, 0.15) is 0 Å². The van der Waals surface area contributed by atoms with E-state index in [0.717, 1.165) is 32.8 Å². The molecule has 0 aliphatic rings. The van der Waals surface area contributed by atoms with Crippen molar-refractivity contribution < 1.29 is 0 Å². The highest BCUT2D eigenvalue weighted by molar-refractivity contribution is 9.10. The van der Waals surface area contributed by atoms with Gasteiger partial charge in [-0.05, 0) is 25.5 Å². The van der Waals surface area contributed by atoms with Gasteiger partial charge in [-0.1, -0.05) is 35.0 Å². The second-order valence-corrected chi connectivity index (χ2v) is 6.92. The van der Waals surface area contributed by atoms with Crippen LogP contribution < -0.4 is 0 Å². The molecule has 1 aromatic carbocycles.